The summed E-state index contributed by atoms with van der Waals surface area (Å²) in [6.07, 6.45) is 1.70. The highest BCUT2D eigenvalue weighted by Crippen LogP contribution is 2.41. The van der Waals surface area contributed by atoms with Crippen molar-refractivity contribution >= 4 is 21.6 Å². The minimum Gasteiger partial charge on any atom is -0.507 e. The topological polar surface area (TPSA) is 86.2 Å². The van der Waals surface area contributed by atoms with Gasteiger partial charge in [-0.05, 0) is 23.8 Å². The lowest BCUT2D eigenvalue weighted by Crippen LogP contribution is -2.08. The van der Waals surface area contributed by atoms with E-state index < -0.39 is 0 Å². The van der Waals surface area contributed by atoms with Gasteiger partial charge in [-0.3, -0.25) is 9.78 Å². The Morgan fingerprint density at radius 1 is 0.833 bits per heavy atom. The second kappa shape index (κ2) is 7.17. The zero-order chi connectivity index (χ0) is 20.7. The van der Waals surface area contributed by atoms with Crippen LogP contribution in [0.4, 0.5) is 0 Å². The molecule has 0 radical (unpaired) electrons. The molecule has 5 aromatic rings. The maximum Gasteiger partial charge on any atom is 0.260 e. The summed E-state index contributed by atoms with van der Waals surface area (Å²) >= 11 is 1.36. The number of phenolic OH excluding ortho intramolecular Hbond substituents is 1. The van der Waals surface area contributed by atoms with E-state index in [1.165, 1.54) is 11.3 Å². The number of hydrogen-bond donors (Lipinski definition) is 3. The molecule has 2 aromatic carbocycles. The first-order valence-corrected chi connectivity index (χ1v) is 10.2. The fourth-order valence-corrected chi connectivity index (χ4v) is 4.54. The quantitative estimate of drug-likeness (QED) is 0.370. The molecule has 0 aliphatic heterocycles. The van der Waals surface area contributed by atoms with Crippen molar-refractivity contribution in [2.45, 2.75) is 0 Å². The van der Waals surface area contributed by atoms with E-state index in [4.69, 9.17) is 0 Å². The second-order valence-electron chi connectivity index (χ2n) is 6.85. The number of aromatic hydroxyl groups is 2. The van der Waals surface area contributed by atoms with Crippen LogP contribution in [-0.2, 0) is 0 Å². The molecule has 0 atom stereocenters. The minimum absolute atomic E-state index is 0.0408. The molecule has 146 valence electrons. The van der Waals surface area contributed by atoms with Gasteiger partial charge in [-0.1, -0.05) is 48.5 Å². The fraction of sp³-hybridized carbons (Fsp3) is 0. The zero-order valence-corrected chi connectivity index (χ0v) is 16.5. The highest BCUT2D eigenvalue weighted by molar-refractivity contribution is 7.17. The van der Waals surface area contributed by atoms with E-state index in [1.54, 1.807) is 36.5 Å². The van der Waals surface area contributed by atoms with Crippen molar-refractivity contribution in [3.63, 3.8) is 0 Å². The van der Waals surface area contributed by atoms with Gasteiger partial charge in [-0.25, -0.2) is 0 Å². The summed E-state index contributed by atoms with van der Waals surface area (Å²) in [7, 11) is 0. The molecule has 0 spiro atoms. The highest BCUT2D eigenvalue weighted by atomic mass is 32.1. The third-order valence-corrected chi connectivity index (χ3v) is 5.93. The molecule has 0 unspecified atom stereocenters. The Morgan fingerprint density at radius 2 is 1.60 bits per heavy atom. The van der Waals surface area contributed by atoms with E-state index in [0.29, 0.717) is 27.0 Å². The number of H-pyrrole nitrogens is 1. The number of aromatic nitrogens is 2. The van der Waals surface area contributed by atoms with Crippen LogP contribution in [0.5, 0.6) is 11.5 Å². The highest BCUT2D eigenvalue weighted by Gasteiger charge is 2.19. The summed E-state index contributed by atoms with van der Waals surface area (Å²) in [5, 5.41) is 23.6. The number of phenols is 1. The van der Waals surface area contributed by atoms with Crippen LogP contribution >= 0.6 is 11.3 Å². The first-order chi connectivity index (χ1) is 14.6. The number of fused-ring (bicyclic) bond motifs is 1. The monoisotopic (exact) mass is 412 g/mol. The molecule has 0 fully saturated rings. The predicted molar refractivity (Wildman–Crippen MR) is 120 cm³/mol. The smallest absolute Gasteiger partial charge is 0.260 e. The standard InChI is InChI=1S/C24H16N2O3S/c27-19-9-5-4-8-16(19)18-11-10-15(12-25-18)17-13-30-24-21(17)22(28)20(23(29)26-24)14-6-2-1-3-7-14/h1-13,27H,(H2,26,28,29). The van der Waals surface area contributed by atoms with Gasteiger partial charge in [0, 0.05) is 28.3 Å². The number of benzene rings is 2. The molecule has 0 bridgehead atoms. The Hall–Kier alpha value is -3.90. The van der Waals surface area contributed by atoms with Crippen molar-refractivity contribution in [1.82, 2.24) is 9.97 Å². The molecule has 0 aliphatic carbocycles. The molecule has 0 saturated carbocycles. The van der Waals surface area contributed by atoms with Crippen molar-refractivity contribution in [3.8, 4) is 45.0 Å². The summed E-state index contributed by atoms with van der Waals surface area (Å²) in [5.41, 5.74) is 3.48. The number of hydrogen-bond acceptors (Lipinski definition) is 5. The molecule has 3 aromatic heterocycles. The third-order valence-electron chi connectivity index (χ3n) is 5.04. The molecule has 5 rings (SSSR count). The number of para-hydroxylation sites is 1. The largest absolute Gasteiger partial charge is 0.507 e. The van der Waals surface area contributed by atoms with Gasteiger partial charge >= 0.3 is 0 Å². The zero-order valence-electron chi connectivity index (χ0n) is 15.7. The molecular weight excluding hydrogens is 396 g/mol. The van der Waals surface area contributed by atoms with Crippen molar-refractivity contribution in [2.24, 2.45) is 0 Å². The van der Waals surface area contributed by atoms with Gasteiger partial charge < -0.3 is 15.2 Å². The molecule has 6 heteroatoms. The van der Waals surface area contributed by atoms with Crippen LogP contribution in [0.15, 0.2) is 83.1 Å². The predicted octanol–water partition coefficient (Wildman–Crippen LogP) is 5.40. The van der Waals surface area contributed by atoms with Crippen molar-refractivity contribution in [3.05, 3.63) is 88.7 Å². The van der Waals surface area contributed by atoms with Gasteiger partial charge in [0.15, 0.2) is 0 Å². The molecule has 3 N–H and O–H groups in total. The maximum absolute atomic E-state index is 12.6. The SMILES string of the molecule is O=c1[nH]c2scc(-c3ccc(-c4ccccc4O)nc3)c2c(O)c1-c1ccccc1. The van der Waals surface area contributed by atoms with Gasteiger partial charge in [-0.15, -0.1) is 11.3 Å². The molecule has 5 nitrogen and oxygen atoms in total. The van der Waals surface area contributed by atoms with E-state index in [2.05, 4.69) is 9.97 Å². The van der Waals surface area contributed by atoms with Crippen LogP contribution in [0.1, 0.15) is 0 Å². The van der Waals surface area contributed by atoms with E-state index in [-0.39, 0.29) is 22.6 Å². The lowest BCUT2D eigenvalue weighted by molar-refractivity contribution is 0.477. The normalized spacial score (nSPS) is 11.1. The van der Waals surface area contributed by atoms with Crippen LogP contribution in [0.25, 0.3) is 43.7 Å². The maximum atomic E-state index is 12.6. The summed E-state index contributed by atoms with van der Waals surface area (Å²) in [6.45, 7) is 0. The number of rotatable bonds is 3. The summed E-state index contributed by atoms with van der Waals surface area (Å²) in [5.74, 6) is 0.127. The van der Waals surface area contributed by atoms with Crippen LogP contribution in [-0.4, -0.2) is 20.2 Å². The second-order valence-corrected chi connectivity index (χ2v) is 7.73. The first-order valence-electron chi connectivity index (χ1n) is 9.30. The Balaban J connectivity index is 1.65. The summed E-state index contributed by atoms with van der Waals surface area (Å²) in [6, 6.07) is 19.9. The van der Waals surface area contributed by atoms with E-state index in [0.717, 1.165) is 11.1 Å². The lowest BCUT2D eigenvalue weighted by atomic mass is 10.0. The first kappa shape index (κ1) is 18.1. The van der Waals surface area contributed by atoms with Crippen molar-refractivity contribution in [1.29, 1.82) is 0 Å². The van der Waals surface area contributed by atoms with Crippen LogP contribution in [0.3, 0.4) is 0 Å². The number of pyridine rings is 2. The molecule has 3 heterocycles. The number of aromatic amines is 1. The molecule has 30 heavy (non-hydrogen) atoms. The van der Waals surface area contributed by atoms with E-state index >= 15 is 0 Å². The van der Waals surface area contributed by atoms with Crippen molar-refractivity contribution in [2.75, 3.05) is 0 Å². The molecule has 0 amide bonds. The number of nitrogens with zero attached hydrogens (tertiary/aromatic N) is 1. The van der Waals surface area contributed by atoms with Gasteiger partial charge in [0.25, 0.3) is 5.56 Å². The summed E-state index contributed by atoms with van der Waals surface area (Å²) in [4.78, 5) is 20.6. The van der Waals surface area contributed by atoms with Crippen molar-refractivity contribution < 1.29 is 10.2 Å². The Labute approximate surface area is 175 Å². The number of nitrogens with one attached hydrogen (secondary N) is 1. The Morgan fingerprint density at radius 3 is 2.33 bits per heavy atom. The van der Waals surface area contributed by atoms with Gasteiger partial charge in [0.2, 0.25) is 0 Å². The fourth-order valence-electron chi connectivity index (χ4n) is 3.57. The van der Waals surface area contributed by atoms with Crippen LogP contribution < -0.4 is 5.56 Å². The third kappa shape index (κ3) is 2.94. The summed E-state index contributed by atoms with van der Waals surface area (Å²) < 4.78 is 0. The van der Waals surface area contributed by atoms with E-state index in [9.17, 15) is 15.0 Å². The van der Waals surface area contributed by atoms with Gasteiger partial charge in [0.05, 0.1) is 16.6 Å². The van der Waals surface area contributed by atoms with E-state index in [1.807, 2.05) is 41.8 Å². The van der Waals surface area contributed by atoms with Gasteiger partial charge in [-0.2, -0.15) is 0 Å². The number of thiophene rings is 1. The molecule has 0 saturated heterocycles. The molecule has 0 aliphatic rings. The Kier molecular flexibility index (Phi) is 4.34. The lowest BCUT2D eigenvalue weighted by Gasteiger charge is -2.08. The molecular formula is C24H16N2O3S. The average molecular weight is 412 g/mol. The van der Waals surface area contributed by atoms with Crippen LogP contribution in [0, 0.1) is 0 Å². The Bertz CT molecular complexity index is 1420. The van der Waals surface area contributed by atoms with Crippen LogP contribution in [0.2, 0.25) is 0 Å². The average Bonchev–Trinajstić information content (AvgIpc) is 3.19. The van der Waals surface area contributed by atoms with Gasteiger partial charge in [0.1, 0.15) is 16.3 Å². The minimum atomic E-state index is -0.326.